The van der Waals surface area contributed by atoms with Gasteiger partial charge in [0.1, 0.15) is 28.8 Å². The summed E-state index contributed by atoms with van der Waals surface area (Å²) in [4.78, 5) is 87.7. The standard InChI is InChI=1S/C34H47N7O7S/c1-20(2)28-31(45)36-22(4)33(46)40(5)13-14-41(34(47)24-11-15-48-16-12-24)18-27(42)37-25(17-23-9-7-6-8-10-23)32-38-26(19-49-32)30(44)35-21(3)29(43)39-28/h6-10,19-22,24-25,28H,11-18H2,1-5H3,(H,35,44)(H,36,45)(H,37,42)(H,39,43)/t21-,22+,25-,28-/m0/s1. The molecule has 1 saturated heterocycles. The molecule has 0 aliphatic carbocycles. The largest absolute Gasteiger partial charge is 0.381 e. The fraction of sp³-hybridized carbons (Fsp3) is 0.559. The van der Waals surface area contributed by atoms with E-state index in [1.807, 2.05) is 30.3 Å². The summed E-state index contributed by atoms with van der Waals surface area (Å²) in [5.41, 5.74) is 1.000. The molecule has 1 aromatic carbocycles. The van der Waals surface area contributed by atoms with Crippen LogP contribution in [0.3, 0.4) is 0 Å². The van der Waals surface area contributed by atoms with Crippen molar-refractivity contribution in [2.45, 2.75) is 71.1 Å². The van der Waals surface area contributed by atoms with Crippen LogP contribution in [0.4, 0.5) is 0 Å². The number of amides is 6. The zero-order valence-corrected chi connectivity index (χ0v) is 29.5. The number of likely N-dealkylation sites (N-methyl/N-ethyl adjacent to an activating group) is 1. The quantitative estimate of drug-likeness (QED) is 0.366. The maximum absolute atomic E-state index is 13.7. The summed E-state index contributed by atoms with van der Waals surface area (Å²) in [7, 11) is 1.57. The highest BCUT2D eigenvalue weighted by Gasteiger charge is 2.32. The SMILES string of the molecule is CC(C)[C@@H]1NC(=O)[C@H](C)NC(=O)c2csc(n2)[C@H](Cc2ccccc2)NC(=O)CN(C(=O)C2CCOCC2)CCN(C)C(=O)[C@@H](C)NC1=O. The monoisotopic (exact) mass is 697 g/mol. The van der Waals surface area contributed by atoms with Crippen molar-refractivity contribution >= 4 is 46.8 Å². The third kappa shape index (κ3) is 10.3. The van der Waals surface area contributed by atoms with Gasteiger partial charge in [-0.1, -0.05) is 44.2 Å². The van der Waals surface area contributed by atoms with Gasteiger partial charge in [0.05, 0.1) is 12.6 Å². The average Bonchev–Trinajstić information content (AvgIpc) is 3.58. The van der Waals surface area contributed by atoms with Crippen molar-refractivity contribution in [1.29, 1.82) is 0 Å². The van der Waals surface area contributed by atoms with Crippen molar-refractivity contribution in [3.05, 3.63) is 52.0 Å². The van der Waals surface area contributed by atoms with Crippen molar-refractivity contribution in [3.63, 3.8) is 0 Å². The summed E-state index contributed by atoms with van der Waals surface area (Å²) in [6.45, 7) is 7.39. The number of hydrogen-bond donors (Lipinski definition) is 4. The van der Waals surface area contributed by atoms with Crippen LogP contribution in [0.15, 0.2) is 35.7 Å². The maximum atomic E-state index is 13.7. The van der Waals surface area contributed by atoms with Crippen molar-refractivity contribution in [3.8, 4) is 0 Å². The zero-order valence-electron chi connectivity index (χ0n) is 28.7. The second-order valence-corrected chi connectivity index (χ2v) is 13.8. The van der Waals surface area contributed by atoms with Crippen LogP contribution in [0.1, 0.15) is 67.6 Å². The molecule has 0 spiro atoms. The van der Waals surface area contributed by atoms with E-state index in [-0.39, 0.29) is 43.1 Å². The lowest BCUT2D eigenvalue weighted by Gasteiger charge is -2.31. The van der Waals surface area contributed by atoms with E-state index >= 15 is 0 Å². The first-order valence-corrected chi connectivity index (χ1v) is 17.5. The molecule has 15 heteroatoms. The molecular formula is C34H47N7O7S. The van der Waals surface area contributed by atoms with Gasteiger partial charge >= 0.3 is 0 Å². The van der Waals surface area contributed by atoms with Gasteiger partial charge in [-0.05, 0) is 44.6 Å². The Balaban J connectivity index is 1.66. The summed E-state index contributed by atoms with van der Waals surface area (Å²) in [6, 6.07) is 5.96. The van der Waals surface area contributed by atoms with E-state index in [4.69, 9.17) is 4.74 Å². The lowest BCUT2D eigenvalue weighted by Crippen LogP contribution is -2.57. The Hall–Kier alpha value is -4.37. The Morgan fingerprint density at radius 2 is 1.63 bits per heavy atom. The number of hydrogen-bond acceptors (Lipinski definition) is 9. The van der Waals surface area contributed by atoms with E-state index in [9.17, 15) is 28.8 Å². The topological polar surface area (TPSA) is 179 Å². The molecule has 2 aromatic rings. The third-order valence-electron chi connectivity index (χ3n) is 8.69. The predicted molar refractivity (Wildman–Crippen MR) is 182 cm³/mol. The molecule has 1 aromatic heterocycles. The lowest BCUT2D eigenvalue weighted by molar-refractivity contribution is -0.143. The van der Waals surface area contributed by atoms with Gasteiger partial charge in [-0.2, -0.15) is 0 Å². The minimum atomic E-state index is -1.01. The summed E-state index contributed by atoms with van der Waals surface area (Å²) < 4.78 is 5.44. The molecule has 1 fully saturated rings. The zero-order chi connectivity index (χ0) is 35.7. The Bertz CT molecular complexity index is 1490. The average molecular weight is 698 g/mol. The first kappa shape index (κ1) is 37.4. The number of benzene rings is 1. The van der Waals surface area contributed by atoms with Gasteiger partial charge in [-0.3, -0.25) is 28.8 Å². The molecule has 4 atom stereocenters. The van der Waals surface area contributed by atoms with Crippen LogP contribution in [-0.4, -0.2) is 108 Å². The van der Waals surface area contributed by atoms with E-state index in [1.54, 1.807) is 33.2 Å². The highest BCUT2D eigenvalue weighted by atomic mass is 32.1. The number of carbonyl (C=O) groups is 6. The van der Waals surface area contributed by atoms with Gasteiger partial charge in [0.15, 0.2) is 0 Å². The second-order valence-electron chi connectivity index (χ2n) is 12.9. The van der Waals surface area contributed by atoms with E-state index in [0.717, 1.165) is 5.56 Å². The normalized spacial score (nSPS) is 24.4. The number of carbonyl (C=O) groups excluding carboxylic acids is 6. The molecule has 0 saturated carbocycles. The van der Waals surface area contributed by atoms with Crippen LogP contribution in [0.5, 0.6) is 0 Å². The molecule has 2 bridgehead atoms. The minimum absolute atomic E-state index is 0.0719. The van der Waals surface area contributed by atoms with Crippen molar-refractivity contribution in [2.75, 3.05) is 39.9 Å². The van der Waals surface area contributed by atoms with Crippen LogP contribution in [0.2, 0.25) is 0 Å². The Kier molecular flexibility index (Phi) is 13.2. The highest BCUT2D eigenvalue weighted by Crippen LogP contribution is 2.23. The highest BCUT2D eigenvalue weighted by molar-refractivity contribution is 7.09. The Labute approximate surface area is 290 Å². The molecule has 2 aliphatic heterocycles. The summed E-state index contributed by atoms with van der Waals surface area (Å²) in [5, 5.41) is 13.1. The third-order valence-corrected chi connectivity index (χ3v) is 9.64. The molecule has 266 valence electrons. The Morgan fingerprint density at radius 1 is 0.939 bits per heavy atom. The van der Waals surface area contributed by atoms with Gasteiger partial charge in [0.25, 0.3) is 5.91 Å². The fourth-order valence-corrected chi connectivity index (χ4v) is 6.56. The molecule has 14 nitrogen and oxygen atoms in total. The summed E-state index contributed by atoms with van der Waals surface area (Å²) >= 11 is 1.20. The Morgan fingerprint density at radius 3 is 2.31 bits per heavy atom. The van der Waals surface area contributed by atoms with Gasteiger partial charge < -0.3 is 35.8 Å². The van der Waals surface area contributed by atoms with E-state index in [2.05, 4.69) is 26.3 Å². The molecule has 6 amide bonds. The number of aromatic nitrogens is 1. The van der Waals surface area contributed by atoms with Crippen LogP contribution in [-0.2, 0) is 35.1 Å². The molecule has 2 aliphatic rings. The molecule has 4 rings (SSSR count). The molecule has 4 N–H and O–H groups in total. The fourth-order valence-electron chi connectivity index (χ4n) is 5.71. The van der Waals surface area contributed by atoms with Crippen LogP contribution in [0, 0.1) is 11.8 Å². The van der Waals surface area contributed by atoms with Gasteiger partial charge in [-0.15, -0.1) is 11.3 Å². The predicted octanol–water partition coefficient (Wildman–Crippen LogP) is 1.03. The summed E-state index contributed by atoms with van der Waals surface area (Å²) in [5.74, 6) is -3.40. The first-order chi connectivity index (χ1) is 23.3. The number of nitrogens with zero attached hydrogens (tertiary/aromatic N) is 3. The van der Waals surface area contributed by atoms with E-state index in [1.165, 1.54) is 28.1 Å². The number of ether oxygens (including phenoxy) is 1. The van der Waals surface area contributed by atoms with Gasteiger partial charge in [0.2, 0.25) is 29.5 Å². The summed E-state index contributed by atoms with van der Waals surface area (Å²) in [6.07, 6.45) is 1.43. The molecular weight excluding hydrogens is 650 g/mol. The molecule has 0 radical (unpaired) electrons. The van der Waals surface area contributed by atoms with Gasteiger partial charge in [0, 0.05) is 44.6 Å². The molecule has 49 heavy (non-hydrogen) atoms. The van der Waals surface area contributed by atoms with Gasteiger partial charge in [-0.25, -0.2) is 4.98 Å². The number of rotatable bonds is 4. The second kappa shape index (κ2) is 17.3. The van der Waals surface area contributed by atoms with Crippen molar-refractivity contribution < 1.29 is 33.5 Å². The number of fused-ring (bicyclic) bond motifs is 2. The number of thiazole rings is 1. The van der Waals surface area contributed by atoms with Crippen LogP contribution in [0.25, 0.3) is 0 Å². The smallest absolute Gasteiger partial charge is 0.271 e. The van der Waals surface area contributed by atoms with Crippen molar-refractivity contribution in [2.24, 2.45) is 11.8 Å². The van der Waals surface area contributed by atoms with Crippen molar-refractivity contribution in [1.82, 2.24) is 36.1 Å². The van der Waals surface area contributed by atoms with E-state index < -0.39 is 53.7 Å². The van der Waals surface area contributed by atoms with E-state index in [0.29, 0.717) is 37.5 Å². The maximum Gasteiger partial charge on any atom is 0.271 e. The lowest BCUT2D eigenvalue weighted by atomic mass is 9.98. The molecule has 3 heterocycles. The minimum Gasteiger partial charge on any atom is -0.381 e. The van der Waals surface area contributed by atoms with Crippen LogP contribution < -0.4 is 21.3 Å². The first-order valence-electron chi connectivity index (χ1n) is 16.7. The molecule has 0 unspecified atom stereocenters. The van der Waals surface area contributed by atoms with Crippen LogP contribution >= 0.6 is 11.3 Å². The number of nitrogens with one attached hydrogen (secondary N) is 4.